The fourth-order valence-corrected chi connectivity index (χ4v) is 2.90. The van der Waals surface area contributed by atoms with Crippen molar-refractivity contribution in [1.82, 2.24) is 0 Å². The highest BCUT2D eigenvalue weighted by atomic mass is 19.2. The monoisotopic (exact) mass is 492 g/mol. The van der Waals surface area contributed by atoms with Gasteiger partial charge in [-0.3, -0.25) is 0 Å². The number of carbonyl (C=O) groups is 1. The van der Waals surface area contributed by atoms with Gasteiger partial charge in [0.1, 0.15) is 11.3 Å². The molecule has 0 bridgehead atoms. The van der Waals surface area contributed by atoms with Crippen LogP contribution in [0.4, 0.5) is 26.3 Å². The van der Waals surface area contributed by atoms with Gasteiger partial charge in [0.05, 0.1) is 12.2 Å². The minimum absolute atomic E-state index is 0.0179. The summed E-state index contributed by atoms with van der Waals surface area (Å²) >= 11 is 0. The number of unbranched alkanes of at least 4 members (excludes halogenated alkanes) is 2. The van der Waals surface area contributed by atoms with E-state index in [1.54, 1.807) is 0 Å². The first-order valence-corrected chi connectivity index (χ1v) is 10.5. The average Bonchev–Trinajstić information content (AvgIpc) is 2.85. The molecule has 0 amide bonds. The van der Waals surface area contributed by atoms with E-state index in [-0.39, 0.29) is 23.5 Å². The van der Waals surface area contributed by atoms with Crippen LogP contribution in [0.25, 0.3) is 0 Å². The SMILES string of the molecule is CCCCCOc1c(F)c(F)c(C#Cc2ccc(OC(=O)c3ccc(F)c(F)c3)cc2)c(F)c1F. The molecular formula is C26H18F6O3. The first kappa shape index (κ1) is 25.7. The maximum atomic E-state index is 14.3. The number of benzene rings is 3. The Morgan fingerprint density at radius 3 is 2.06 bits per heavy atom. The zero-order chi connectivity index (χ0) is 25.5. The maximum Gasteiger partial charge on any atom is 0.343 e. The van der Waals surface area contributed by atoms with Gasteiger partial charge in [0.25, 0.3) is 0 Å². The zero-order valence-corrected chi connectivity index (χ0v) is 18.4. The Balaban J connectivity index is 1.75. The van der Waals surface area contributed by atoms with Crippen LogP contribution in [0.15, 0.2) is 42.5 Å². The third-order valence-electron chi connectivity index (χ3n) is 4.77. The molecule has 0 heterocycles. The van der Waals surface area contributed by atoms with E-state index < -0.39 is 52.2 Å². The van der Waals surface area contributed by atoms with Gasteiger partial charge in [0.2, 0.25) is 11.6 Å². The van der Waals surface area contributed by atoms with Crippen molar-refractivity contribution in [3.63, 3.8) is 0 Å². The molecule has 0 saturated heterocycles. The molecule has 0 saturated carbocycles. The van der Waals surface area contributed by atoms with E-state index in [1.165, 1.54) is 24.3 Å². The second kappa shape index (κ2) is 11.5. The molecular weight excluding hydrogens is 474 g/mol. The van der Waals surface area contributed by atoms with Crippen molar-refractivity contribution < 1.29 is 40.6 Å². The Hall–Kier alpha value is -3.93. The van der Waals surface area contributed by atoms with Crippen LogP contribution in [0.2, 0.25) is 0 Å². The largest absolute Gasteiger partial charge is 0.487 e. The molecule has 0 aliphatic rings. The van der Waals surface area contributed by atoms with E-state index in [4.69, 9.17) is 9.47 Å². The summed E-state index contributed by atoms with van der Waals surface area (Å²) in [5.41, 5.74) is -1.15. The Labute approximate surface area is 197 Å². The quantitative estimate of drug-likeness (QED) is 0.0919. The standard InChI is InChI=1S/C26H18F6O3/c1-2-3-4-13-34-25-23(31)21(29)18(22(30)24(25)32)11-7-15-5-9-17(10-6-15)35-26(33)16-8-12-19(27)20(28)14-16/h5-6,8-10,12,14H,2-4,13H2,1H3. The molecule has 0 spiro atoms. The normalized spacial score (nSPS) is 10.5. The first-order valence-electron chi connectivity index (χ1n) is 10.5. The Morgan fingerprint density at radius 2 is 1.46 bits per heavy atom. The van der Waals surface area contributed by atoms with Gasteiger partial charge in [-0.25, -0.2) is 22.4 Å². The highest BCUT2D eigenvalue weighted by Crippen LogP contribution is 2.30. The number of hydrogen-bond donors (Lipinski definition) is 0. The van der Waals surface area contributed by atoms with E-state index >= 15 is 0 Å². The molecule has 0 fully saturated rings. The fraction of sp³-hybridized carbons (Fsp3) is 0.192. The van der Waals surface area contributed by atoms with Crippen molar-refractivity contribution in [2.24, 2.45) is 0 Å². The lowest BCUT2D eigenvalue weighted by atomic mass is 10.1. The fourth-order valence-electron chi connectivity index (χ4n) is 2.90. The van der Waals surface area contributed by atoms with Crippen LogP contribution in [0.5, 0.6) is 11.5 Å². The minimum Gasteiger partial charge on any atom is -0.487 e. The molecule has 0 aliphatic carbocycles. The summed E-state index contributed by atoms with van der Waals surface area (Å²) in [5.74, 6) is -6.69. The zero-order valence-electron chi connectivity index (χ0n) is 18.4. The van der Waals surface area contributed by atoms with Crippen LogP contribution < -0.4 is 9.47 Å². The van der Waals surface area contributed by atoms with Crippen LogP contribution in [0, 0.1) is 46.7 Å². The number of carbonyl (C=O) groups excluding carboxylic acids is 1. The van der Waals surface area contributed by atoms with E-state index in [0.29, 0.717) is 12.5 Å². The predicted molar refractivity (Wildman–Crippen MR) is 115 cm³/mol. The van der Waals surface area contributed by atoms with Crippen LogP contribution in [-0.4, -0.2) is 12.6 Å². The smallest absolute Gasteiger partial charge is 0.343 e. The van der Waals surface area contributed by atoms with Gasteiger partial charge in [0.15, 0.2) is 29.0 Å². The summed E-state index contributed by atoms with van der Waals surface area (Å²) < 4.78 is 93.3. The molecule has 3 aromatic rings. The highest BCUT2D eigenvalue weighted by Gasteiger charge is 2.26. The summed E-state index contributed by atoms with van der Waals surface area (Å²) in [4.78, 5) is 12.0. The minimum atomic E-state index is -1.68. The van der Waals surface area contributed by atoms with Crippen LogP contribution in [0.3, 0.4) is 0 Å². The summed E-state index contributed by atoms with van der Waals surface area (Å²) in [6, 6.07) is 7.69. The second-order valence-corrected chi connectivity index (χ2v) is 7.31. The van der Waals surface area contributed by atoms with Gasteiger partial charge in [0, 0.05) is 5.56 Å². The second-order valence-electron chi connectivity index (χ2n) is 7.31. The molecule has 3 aromatic carbocycles. The molecule has 0 unspecified atom stereocenters. The molecule has 3 nitrogen and oxygen atoms in total. The van der Waals surface area contributed by atoms with Crippen molar-refractivity contribution >= 4 is 5.97 Å². The molecule has 3 rings (SSSR count). The van der Waals surface area contributed by atoms with E-state index in [0.717, 1.165) is 25.0 Å². The Bertz CT molecular complexity index is 1260. The summed E-state index contributed by atoms with van der Waals surface area (Å²) in [7, 11) is 0. The molecule has 0 aromatic heterocycles. The third kappa shape index (κ3) is 6.15. The van der Waals surface area contributed by atoms with E-state index in [1.807, 2.05) is 6.92 Å². The van der Waals surface area contributed by atoms with Gasteiger partial charge in [-0.15, -0.1) is 0 Å². The van der Waals surface area contributed by atoms with Gasteiger partial charge in [-0.2, -0.15) is 8.78 Å². The number of halogens is 6. The maximum absolute atomic E-state index is 14.3. The Morgan fingerprint density at radius 1 is 0.800 bits per heavy atom. The Kier molecular flexibility index (Phi) is 8.42. The third-order valence-corrected chi connectivity index (χ3v) is 4.77. The molecule has 0 atom stereocenters. The number of hydrogen-bond acceptors (Lipinski definition) is 3. The summed E-state index contributed by atoms with van der Waals surface area (Å²) in [6.45, 7) is 1.81. The van der Waals surface area contributed by atoms with Crippen molar-refractivity contribution in [2.75, 3.05) is 6.61 Å². The molecule has 35 heavy (non-hydrogen) atoms. The molecule has 9 heteroatoms. The highest BCUT2D eigenvalue weighted by molar-refractivity contribution is 5.91. The lowest BCUT2D eigenvalue weighted by Crippen LogP contribution is -2.09. The first-order chi connectivity index (χ1) is 16.7. The van der Waals surface area contributed by atoms with Gasteiger partial charge < -0.3 is 9.47 Å². The lowest BCUT2D eigenvalue weighted by Gasteiger charge is -2.10. The van der Waals surface area contributed by atoms with Gasteiger partial charge in [-0.1, -0.05) is 31.6 Å². The van der Waals surface area contributed by atoms with Crippen molar-refractivity contribution in [3.8, 4) is 23.3 Å². The van der Waals surface area contributed by atoms with Crippen LogP contribution in [0.1, 0.15) is 47.7 Å². The summed E-state index contributed by atoms with van der Waals surface area (Å²) in [6.07, 6.45) is 2.01. The number of rotatable bonds is 7. The average molecular weight is 492 g/mol. The van der Waals surface area contributed by atoms with E-state index in [2.05, 4.69) is 11.8 Å². The molecule has 0 radical (unpaired) electrons. The lowest BCUT2D eigenvalue weighted by molar-refractivity contribution is 0.0734. The van der Waals surface area contributed by atoms with Crippen molar-refractivity contribution in [2.45, 2.75) is 26.2 Å². The van der Waals surface area contributed by atoms with E-state index in [9.17, 15) is 31.1 Å². The molecule has 182 valence electrons. The van der Waals surface area contributed by atoms with Crippen molar-refractivity contribution in [1.29, 1.82) is 0 Å². The van der Waals surface area contributed by atoms with Crippen LogP contribution in [-0.2, 0) is 0 Å². The van der Waals surface area contributed by atoms with Gasteiger partial charge >= 0.3 is 5.97 Å². The molecule has 0 aliphatic heterocycles. The predicted octanol–water partition coefficient (Wildman–Crippen LogP) is 6.71. The topological polar surface area (TPSA) is 35.5 Å². The van der Waals surface area contributed by atoms with Crippen molar-refractivity contribution in [3.05, 3.63) is 94.1 Å². The number of ether oxygens (including phenoxy) is 2. The molecule has 0 N–H and O–H groups in total. The summed E-state index contributed by atoms with van der Waals surface area (Å²) in [5, 5.41) is 0. The van der Waals surface area contributed by atoms with Gasteiger partial charge in [-0.05, 0) is 48.9 Å². The number of esters is 1. The van der Waals surface area contributed by atoms with Crippen LogP contribution >= 0.6 is 0 Å².